The summed E-state index contributed by atoms with van der Waals surface area (Å²) >= 11 is 0. The van der Waals surface area contributed by atoms with Gasteiger partial charge < -0.3 is 5.32 Å². The third-order valence-corrected chi connectivity index (χ3v) is 1.43. The van der Waals surface area contributed by atoms with Crippen molar-refractivity contribution in [2.75, 3.05) is 32.8 Å². The van der Waals surface area contributed by atoms with Crippen molar-refractivity contribution < 1.29 is 0 Å². The summed E-state index contributed by atoms with van der Waals surface area (Å²) in [5, 5.41) is 3.22. The molecule has 0 bridgehead atoms. The lowest BCUT2D eigenvalue weighted by atomic mass is 10.4. The average Bonchev–Trinajstić information content (AvgIpc) is 1.90. The lowest BCUT2D eigenvalue weighted by Crippen LogP contribution is -2.43. The molecule has 3 heteroatoms. The second-order valence-corrected chi connectivity index (χ2v) is 2.03. The molecule has 3 nitrogen and oxygen atoms in total. The molecule has 0 spiro atoms. The summed E-state index contributed by atoms with van der Waals surface area (Å²) < 4.78 is 0. The number of hydrogen-bond acceptors (Lipinski definition) is 2. The zero-order chi connectivity index (χ0) is 5.82. The van der Waals surface area contributed by atoms with Crippen molar-refractivity contribution in [3.8, 4) is 0 Å². The first-order valence-electron chi connectivity index (χ1n) is 3.01. The first kappa shape index (κ1) is 6.01. The molecule has 1 radical (unpaired) electrons. The van der Waals surface area contributed by atoms with Crippen molar-refractivity contribution in [2.45, 2.75) is 0 Å². The Bertz CT molecular complexity index is 58.7. The Kier molecular flexibility index (Phi) is 2.27. The molecule has 1 saturated heterocycles. The SMILES string of the molecule is [NH]CN1CCNCC1. The maximum Gasteiger partial charge on any atom is 0.0616 e. The fourth-order valence-corrected chi connectivity index (χ4v) is 0.869. The highest BCUT2D eigenvalue weighted by Gasteiger charge is 2.05. The third-order valence-electron chi connectivity index (χ3n) is 1.43. The van der Waals surface area contributed by atoms with Crippen LogP contribution in [0.3, 0.4) is 0 Å². The molecule has 1 heterocycles. The second-order valence-electron chi connectivity index (χ2n) is 2.03. The Balaban J connectivity index is 2.13. The van der Waals surface area contributed by atoms with Crippen LogP contribution in [0.4, 0.5) is 0 Å². The Labute approximate surface area is 49.8 Å². The van der Waals surface area contributed by atoms with Gasteiger partial charge in [-0.25, -0.2) is 5.73 Å². The summed E-state index contributed by atoms with van der Waals surface area (Å²) in [6.07, 6.45) is 0. The van der Waals surface area contributed by atoms with Crippen LogP contribution in [-0.4, -0.2) is 37.7 Å². The van der Waals surface area contributed by atoms with E-state index in [9.17, 15) is 0 Å². The predicted molar refractivity (Wildman–Crippen MR) is 32.4 cm³/mol. The largest absolute Gasteiger partial charge is 0.314 e. The fourth-order valence-electron chi connectivity index (χ4n) is 0.869. The highest BCUT2D eigenvalue weighted by molar-refractivity contribution is 4.64. The molecule has 0 aromatic heterocycles. The van der Waals surface area contributed by atoms with Gasteiger partial charge in [0.1, 0.15) is 0 Å². The molecule has 0 amide bonds. The highest BCUT2D eigenvalue weighted by atomic mass is 15.2. The van der Waals surface area contributed by atoms with Gasteiger partial charge in [-0.1, -0.05) is 0 Å². The van der Waals surface area contributed by atoms with Crippen LogP contribution in [0.15, 0.2) is 0 Å². The first-order chi connectivity index (χ1) is 3.93. The molecular weight excluding hydrogens is 102 g/mol. The Morgan fingerprint density at radius 2 is 2.00 bits per heavy atom. The normalized spacial score (nSPS) is 23.6. The quantitative estimate of drug-likeness (QED) is 0.481. The molecule has 0 atom stereocenters. The minimum atomic E-state index is 0.460. The fraction of sp³-hybridized carbons (Fsp3) is 1.00. The van der Waals surface area contributed by atoms with E-state index in [1.165, 1.54) is 0 Å². The van der Waals surface area contributed by atoms with Crippen molar-refractivity contribution in [1.29, 1.82) is 0 Å². The summed E-state index contributed by atoms with van der Waals surface area (Å²) in [5.41, 5.74) is 7.00. The van der Waals surface area contributed by atoms with Crippen LogP contribution in [0.2, 0.25) is 0 Å². The molecule has 0 aromatic carbocycles. The third kappa shape index (κ3) is 1.43. The highest BCUT2D eigenvalue weighted by Crippen LogP contribution is 1.86. The van der Waals surface area contributed by atoms with E-state index in [4.69, 9.17) is 5.73 Å². The summed E-state index contributed by atoms with van der Waals surface area (Å²) in [4.78, 5) is 2.12. The summed E-state index contributed by atoms with van der Waals surface area (Å²) in [6, 6.07) is 0. The maximum atomic E-state index is 7.00. The van der Waals surface area contributed by atoms with Crippen LogP contribution in [0.5, 0.6) is 0 Å². The number of nitrogens with zero attached hydrogens (tertiary/aromatic N) is 1. The Morgan fingerprint density at radius 1 is 1.38 bits per heavy atom. The van der Waals surface area contributed by atoms with Crippen molar-refractivity contribution in [3.63, 3.8) is 0 Å². The predicted octanol–water partition coefficient (Wildman–Crippen LogP) is -0.868. The van der Waals surface area contributed by atoms with Gasteiger partial charge in [0.25, 0.3) is 0 Å². The van der Waals surface area contributed by atoms with Gasteiger partial charge in [-0.3, -0.25) is 4.90 Å². The molecule has 0 aliphatic carbocycles. The molecule has 0 aromatic rings. The molecule has 1 fully saturated rings. The molecule has 0 saturated carbocycles. The zero-order valence-corrected chi connectivity index (χ0v) is 4.98. The van der Waals surface area contributed by atoms with E-state index in [0.29, 0.717) is 6.67 Å². The summed E-state index contributed by atoms with van der Waals surface area (Å²) in [6.45, 7) is 4.66. The van der Waals surface area contributed by atoms with E-state index in [1.807, 2.05) is 0 Å². The second kappa shape index (κ2) is 3.02. The number of piperazine rings is 1. The van der Waals surface area contributed by atoms with Crippen LogP contribution in [0.25, 0.3) is 0 Å². The molecule has 47 valence electrons. The number of nitrogens with one attached hydrogen (secondary N) is 2. The van der Waals surface area contributed by atoms with Crippen LogP contribution in [-0.2, 0) is 0 Å². The van der Waals surface area contributed by atoms with E-state index in [2.05, 4.69) is 10.2 Å². The first-order valence-corrected chi connectivity index (χ1v) is 3.01. The zero-order valence-electron chi connectivity index (χ0n) is 4.98. The number of rotatable bonds is 1. The van der Waals surface area contributed by atoms with E-state index in [0.717, 1.165) is 26.2 Å². The van der Waals surface area contributed by atoms with Crippen molar-refractivity contribution in [2.24, 2.45) is 0 Å². The maximum absolute atomic E-state index is 7.00. The molecule has 8 heavy (non-hydrogen) atoms. The van der Waals surface area contributed by atoms with E-state index < -0.39 is 0 Å². The lowest BCUT2D eigenvalue weighted by Gasteiger charge is -2.24. The minimum absolute atomic E-state index is 0.460. The molecule has 0 unspecified atom stereocenters. The van der Waals surface area contributed by atoms with Crippen LogP contribution in [0, 0.1) is 0 Å². The molecule has 2 N–H and O–H groups in total. The van der Waals surface area contributed by atoms with E-state index >= 15 is 0 Å². The Morgan fingerprint density at radius 3 is 2.38 bits per heavy atom. The monoisotopic (exact) mass is 114 g/mol. The van der Waals surface area contributed by atoms with Crippen LogP contribution in [0.1, 0.15) is 0 Å². The smallest absolute Gasteiger partial charge is 0.0616 e. The van der Waals surface area contributed by atoms with Gasteiger partial charge in [-0.2, -0.15) is 0 Å². The summed E-state index contributed by atoms with van der Waals surface area (Å²) in [7, 11) is 0. The van der Waals surface area contributed by atoms with Crippen molar-refractivity contribution in [3.05, 3.63) is 0 Å². The summed E-state index contributed by atoms with van der Waals surface area (Å²) in [5.74, 6) is 0. The van der Waals surface area contributed by atoms with Crippen LogP contribution >= 0.6 is 0 Å². The van der Waals surface area contributed by atoms with Crippen LogP contribution < -0.4 is 11.1 Å². The topological polar surface area (TPSA) is 39.1 Å². The van der Waals surface area contributed by atoms with Gasteiger partial charge in [-0.05, 0) is 0 Å². The van der Waals surface area contributed by atoms with Gasteiger partial charge >= 0.3 is 0 Å². The van der Waals surface area contributed by atoms with E-state index in [1.54, 1.807) is 0 Å². The van der Waals surface area contributed by atoms with Gasteiger partial charge in [0, 0.05) is 26.2 Å². The van der Waals surface area contributed by atoms with Crippen molar-refractivity contribution >= 4 is 0 Å². The Hall–Kier alpha value is -0.120. The lowest BCUT2D eigenvalue weighted by molar-refractivity contribution is 0.244. The van der Waals surface area contributed by atoms with Gasteiger partial charge in [0.05, 0.1) is 6.67 Å². The standard InChI is InChI=1S/C5H12N3/c6-5-8-3-1-7-2-4-8/h6-7H,1-5H2. The molecule has 1 aliphatic heterocycles. The molecule has 1 aliphatic rings. The van der Waals surface area contributed by atoms with Gasteiger partial charge in [0.15, 0.2) is 0 Å². The molecular formula is C5H12N3. The number of hydrogen-bond donors (Lipinski definition) is 1. The van der Waals surface area contributed by atoms with Crippen molar-refractivity contribution in [1.82, 2.24) is 16.0 Å². The van der Waals surface area contributed by atoms with E-state index in [-0.39, 0.29) is 0 Å². The molecule has 1 rings (SSSR count). The average molecular weight is 114 g/mol. The van der Waals surface area contributed by atoms with Gasteiger partial charge in [-0.15, -0.1) is 0 Å². The van der Waals surface area contributed by atoms with Gasteiger partial charge in [0.2, 0.25) is 0 Å². The minimum Gasteiger partial charge on any atom is -0.314 e.